The summed E-state index contributed by atoms with van der Waals surface area (Å²) in [7, 11) is 0. The Morgan fingerprint density at radius 3 is 2.45 bits per heavy atom. The molecule has 0 radical (unpaired) electrons. The third-order valence-corrected chi connectivity index (χ3v) is 4.85. The maximum Gasteiger partial charge on any atom is 0.275 e. The van der Waals surface area contributed by atoms with Crippen LogP contribution >= 0.6 is 0 Å². The molecule has 1 atom stereocenters. The molecule has 2 aromatic heterocycles. The van der Waals surface area contributed by atoms with Gasteiger partial charge < -0.3 is 11.1 Å². The quantitative estimate of drug-likeness (QED) is 0.479. The Morgan fingerprint density at radius 1 is 1.10 bits per heavy atom. The van der Waals surface area contributed by atoms with E-state index in [-0.39, 0.29) is 23.7 Å². The van der Waals surface area contributed by atoms with Crippen LogP contribution in [0.1, 0.15) is 29.0 Å². The van der Waals surface area contributed by atoms with E-state index in [2.05, 4.69) is 20.5 Å². The Hall–Kier alpha value is -4.34. The summed E-state index contributed by atoms with van der Waals surface area (Å²) in [4.78, 5) is 41.0. The predicted octanol–water partition coefficient (Wildman–Crippen LogP) is 0.953. The van der Waals surface area contributed by atoms with E-state index in [1.165, 1.54) is 6.33 Å². The fourth-order valence-electron chi connectivity index (χ4n) is 3.29. The highest BCUT2D eigenvalue weighted by molar-refractivity contribution is 6.04. The molecular weight excluding hydrogens is 398 g/mol. The maximum atomic E-state index is 12.7. The second-order valence-electron chi connectivity index (χ2n) is 6.94. The van der Waals surface area contributed by atoms with Gasteiger partial charge in [-0.3, -0.25) is 14.4 Å². The van der Waals surface area contributed by atoms with Crippen molar-refractivity contribution in [1.29, 1.82) is 0 Å². The molecule has 4 rings (SSSR count). The molecule has 0 aliphatic rings. The number of hydrogen-bond donors (Lipinski definition) is 2. The van der Waals surface area contributed by atoms with E-state index < -0.39 is 17.4 Å². The van der Waals surface area contributed by atoms with E-state index in [0.717, 1.165) is 15.9 Å². The highest BCUT2D eigenvalue weighted by atomic mass is 16.2. The SMILES string of the molecule is CC(NC(=O)Cn1nc(C(N)=O)c2ccccc2c1=O)c1ccc(-n2cncn2)cc1. The third-order valence-electron chi connectivity index (χ3n) is 4.85. The summed E-state index contributed by atoms with van der Waals surface area (Å²) in [6, 6.07) is 13.7. The second-order valence-corrected chi connectivity index (χ2v) is 6.94. The summed E-state index contributed by atoms with van der Waals surface area (Å²) in [6.07, 6.45) is 3.04. The average Bonchev–Trinajstić information content (AvgIpc) is 3.30. The van der Waals surface area contributed by atoms with Gasteiger partial charge in [0, 0.05) is 5.39 Å². The van der Waals surface area contributed by atoms with Gasteiger partial charge in [0.1, 0.15) is 19.2 Å². The zero-order chi connectivity index (χ0) is 22.0. The van der Waals surface area contributed by atoms with Crippen LogP contribution in [0.5, 0.6) is 0 Å². The Bertz CT molecular complexity index is 1310. The van der Waals surface area contributed by atoms with Crippen LogP contribution in [-0.4, -0.2) is 36.4 Å². The summed E-state index contributed by atoms with van der Waals surface area (Å²) >= 11 is 0. The van der Waals surface area contributed by atoms with E-state index >= 15 is 0 Å². The summed E-state index contributed by atoms with van der Waals surface area (Å²) in [5, 5.41) is 11.5. The Kier molecular flexibility index (Phi) is 5.27. The Labute approximate surface area is 176 Å². The van der Waals surface area contributed by atoms with Crippen molar-refractivity contribution in [2.45, 2.75) is 19.5 Å². The second kappa shape index (κ2) is 8.19. The van der Waals surface area contributed by atoms with Gasteiger partial charge in [0.2, 0.25) is 5.91 Å². The summed E-state index contributed by atoms with van der Waals surface area (Å²) in [5.74, 6) is -1.20. The van der Waals surface area contributed by atoms with Crippen molar-refractivity contribution in [1.82, 2.24) is 29.9 Å². The van der Waals surface area contributed by atoms with Gasteiger partial charge in [0.15, 0.2) is 5.69 Å². The van der Waals surface area contributed by atoms with E-state index in [9.17, 15) is 14.4 Å². The number of benzene rings is 2. The standard InChI is InChI=1S/C21H19N7O3/c1-13(14-6-8-15(9-7-14)28-12-23-11-24-28)25-18(29)10-27-21(31)17-5-3-2-4-16(17)19(26-27)20(22)30/h2-9,11-13H,10H2,1H3,(H2,22,30)(H,25,29). The van der Waals surface area contributed by atoms with Crippen molar-refractivity contribution in [2.24, 2.45) is 5.73 Å². The van der Waals surface area contributed by atoms with Crippen molar-refractivity contribution in [3.05, 3.63) is 82.8 Å². The van der Waals surface area contributed by atoms with Gasteiger partial charge in [0.05, 0.1) is 17.1 Å². The number of primary amides is 1. The Balaban J connectivity index is 1.52. The molecule has 0 saturated heterocycles. The molecule has 0 spiro atoms. The summed E-state index contributed by atoms with van der Waals surface area (Å²) in [6.45, 7) is 1.49. The molecule has 2 amide bonds. The lowest BCUT2D eigenvalue weighted by Crippen LogP contribution is -2.36. The van der Waals surface area contributed by atoms with Gasteiger partial charge >= 0.3 is 0 Å². The molecule has 0 aliphatic heterocycles. The number of nitrogens with one attached hydrogen (secondary N) is 1. The first kappa shape index (κ1) is 20.0. The highest BCUT2D eigenvalue weighted by Gasteiger charge is 2.17. The molecule has 0 aliphatic carbocycles. The number of rotatable bonds is 6. The normalized spacial score (nSPS) is 11.9. The topological polar surface area (TPSA) is 138 Å². The number of nitrogens with zero attached hydrogens (tertiary/aromatic N) is 5. The number of carbonyl (C=O) groups excluding carboxylic acids is 2. The molecule has 156 valence electrons. The molecule has 0 bridgehead atoms. The molecule has 31 heavy (non-hydrogen) atoms. The van der Waals surface area contributed by atoms with Crippen LogP contribution in [0.25, 0.3) is 16.5 Å². The fraction of sp³-hybridized carbons (Fsp3) is 0.143. The molecule has 1 unspecified atom stereocenters. The van der Waals surface area contributed by atoms with E-state index in [4.69, 9.17) is 5.73 Å². The number of aromatic nitrogens is 5. The number of amides is 2. The minimum absolute atomic E-state index is 0.0558. The van der Waals surface area contributed by atoms with Crippen LogP contribution in [0.2, 0.25) is 0 Å². The lowest BCUT2D eigenvalue weighted by atomic mass is 10.1. The summed E-state index contributed by atoms with van der Waals surface area (Å²) in [5.41, 5.74) is 6.59. The monoisotopic (exact) mass is 417 g/mol. The molecule has 2 aromatic carbocycles. The highest BCUT2D eigenvalue weighted by Crippen LogP contribution is 2.16. The van der Waals surface area contributed by atoms with Gasteiger partial charge in [-0.2, -0.15) is 10.2 Å². The zero-order valence-corrected chi connectivity index (χ0v) is 16.6. The maximum absolute atomic E-state index is 12.7. The van der Waals surface area contributed by atoms with Crippen LogP contribution in [0.4, 0.5) is 0 Å². The lowest BCUT2D eigenvalue weighted by molar-refractivity contribution is -0.122. The molecule has 0 saturated carbocycles. The van der Waals surface area contributed by atoms with Crippen LogP contribution in [0.3, 0.4) is 0 Å². The molecule has 0 fully saturated rings. The predicted molar refractivity (Wildman–Crippen MR) is 112 cm³/mol. The van der Waals surface area contributed by atoms with Gasteiger partial charge in [-0.1, -0.05) is 30.3 Å². The van der Waals surface area contributed by atoms with Crippen molar-refractivity contribution in [2.75, 3.05) is 0 Å². The zero-order valence-electron chi connectivity index (χ0n) is 16.6. The number of fused-ring (bicyclic) bond motifs is 1. The third kappa shape index (κ3) is 4.04. The molecule has 4 aromatic rings. The van der Waals surface area contributed by atoms with Crippen molar-refractivity contribution in [3.63, 3.8) is 0 Å². The number of nitrogens with two attached hydrogens (primary N) is 1. The fourth-order valence-corrected chi connectivity index (χ4v) is 3.29. The molecule has 10 heteroatoms. The largest absolute Gasteiger partial charge is 0.364 e. The minimum Gasteiger partial charge on any atom is -0.364 e. The number of hydrogen-bond acceptors (Lipinski definition) is 6. The smallest absolute Gasteiger partial charge is 0.275 e. The van der Waals surface area contributed by atoms with Gasteiger partial charge in [-0.25, -0.2) is 14.3 Å². The van der Waals surface area contributed by atoms with Gasteiger partial charge in [-0.05, 0) is 30.7 Å². The van der Waals surface area contributed by atoms with E-state index in [0.29, 0.717) is 5.39 Å². The minimum atomic E-state index is -0.772. The molecule has 2 heterocycles. The average molecular weight is 417 g/mol. The number of carbonyl (C=O) groups is 2. The van der Waals surface area contributed by atoms with Crippen LogP contribution in [0.15, 0.2) is 66.0 Å². The first-order valence-corrected chi connectivity index (χ1v) is 9.48. The van der Waals surface area contributed by atoms with Crippen LogP contribution < -0.4 is 16.6 Å². The van der Waals surface area contributed by atoms with Gasteiger partial charge in [-0.15, -0.1) is 0 Å². The lowest BCUT2D eigenvalue weighted by Gasteiger charge is -2.16. The Morgan fingerprint density at radius 2 is 1.81 bits per heavy atom. The van der Waals surface area contributed by atoms with E-state index in [1.54, 1.807) is 35.3 Å². The summed E-state index contributed by atoms with van der Waals surface area (Å²) < 4.78 is 2.58. The van der Waals surface area contributed by atoms with Gasteiger partial charge in [0.25, 0.3) is 11.5 Å². The van der Waals surface area contributed by atoms with Crippen molar-refractivity contribution >= 4 is 22.6 Å². The molecule has 10 nitrogen and oxygen atoms in total. The van der Waals surface area contributed by atoms with Crippen LogP contribution in [-0.2, 0) is 11.3 Å². The first-order valence-electron chi connectivity index (χ1n) is 9.48. The van der Waals surface area contributed by atoms with Crippen molar-refractivity contribution in [3.8, 4) is 5.69 Å². The first-order chi connectivity index (χ1) is 14.9. The molecular formula is C21H19N7O3. The van der Waals surface area contributed by atoms with Crippen molar-refractivity contribution < 1.29 is 9.59 Å². The van der Waals surface area contributed by atoms with Crippen LogP contribution in [0, 0.1) is 0 Å². The van der Waals surface area contributed by atoms with E-state index in [1.807, 2.05) is 31.2 Å². The molecule has 3 N–H and O–H groups in total.